The molecule has 0 atom stereocenters. The van der Waals surface area contributed by atoms with Crippen LogP contribution in [0.15, 0.2) is 18.2 Å². The Balaban J connectivity index is 1.99. The fourth-order valence-corrected chi connectivity index (χ4v) is 2.35. The topological polar surface area (TPSA) is 55.1 Å². The normalized spacial score (nSPS) is 16.8. The maximum Gasteiger partial charge on any atom is 0.227 e. The maximum atomic E-state index is 12.0. The number of rotatable bonds is 2. The van der Waals surface area contributed by atoms with Crippen LogP contribution in [0.1, 0.15) is 32.1 Å². The Morgan fingerprint density at radius 2 is 2.00 bits per heavy atom. The zero-order chi connectivity index (χ0) is 12.3. The number of benzene rings is 1. The van der Waals surface area contributed by atoms with Crippen molar-refractivity contribution >= 4 is 28.9 Å². The first kappa shape index (κ1) is 12.2. The summed E-state index contributed by atoms with van der Waals surface area (Å²) in [5, 5.41) is 3.42. The van der Waals surface area contributed by atoms with E-state index >= 15 is 0 Å². The Bertz CT molecular complexity index is 414. The Morgan fingerprint density at radius 3 is 2.65 bits per heavy atom. The van der Waals surface area contributed by atoms with Crippen LogP contribution in [-0.4, -0.2) is 5.91 Å². The molecule has 1 aliphatic carbocycles. The number of nitrogens with one attached hydrogen (secondary N) is 1. The van der Waals surface area contributed by atoms with Crippen LogP contribution in [0.25, 0.3) is 0 Å². The molecule has 3 nitrogen and oxygen atoms in total. The van der Waals surface area contributed by atoms with Crippen molar-refractivity contribution in [2.24, 2.45) is 5.92 Å². The number of anilines is 2. The number of hydrogen-bond donors (Lipinski definition) is 2. The summed E-state index contributed by atoms with van der Waals surface area (Å²) in [7, 11) is 0. The Morgan fingerprint density at radius 1 is 1.29 bits per heavy atom. The van der Waals surface area contributed by atoms with E-state index in [1.807, 2.05) is 0 Å². The molecule has 17 heavy (non-hydrogen) atoms. The monoisotopic (exact) mass is 252 g/mol. The highest BCUT2D eigenvalue weighted by Gasteiger charge is 2.21. The van der Waals surface area contributed by atoms with Crippen LogP contribution in [0.2, 0.25) is 5.02 Å². The number of hydrogen-bond acceptors (Lipinski definition) is 2. The zero-order valence-electron chi connectivity index (χ0n) is 9.71. The van der Waals surface area contributed by atoms with Crippen molar-refractivity contribution in [1.29, 1.82) is 0 Å². The van der Waals surface area contributed by atoms with Crippen LogP contribution >= 0.6 is 11.6 Å². The molecule has 0 heterocycles. The van der Waals surface area contributed by atoms with Crippen molar-refractivity contribution in [2.75, 3.05) is 11.1 Å². The lowest BCUT2D eigenvalue weighted by atomic mass is 9.88. The predicted octanol–water partition coefficient (Wildman–Crippen LogP) is 3.44. The van der Waals surface area contributed by atoms with E-state index in [0.717, 1.165) is 31.4 Å². The molecule has 0 bridgehead atoms. The number of nitrogens with two attached hydrogens (primary N) is 1. The average Bonchev–Trinajstić information content (AvgIpc) is 2.35. The minimum absolute atomic E-state index is 0.103. The molecule has 92 valence electrons. The molecule has 0 aliphatic heterocycles. The van der Waals surface area contributed by atoms with Gasteiger partial charge in [-0.15, -0.1) is 0 Å². The lowest BCUT2D eigenvalue weighted by Gasteiger charge is -2.20. The summed E-state index contributed by atoms with van der Waals surface area (Å²) >= 11 is 5.83. The third-order valence-corrected chi connectivity index (χ3v) is 3.58. The molecule has 4 heteroatoms. The molecule has 0 saturated heterocycles. The first-order chi connectivity index (χ1) is 8.16. The van der Waals surface area contributed by atoms with Crippen molar-refractivity contribution in [2.45, 2.75) is 32.1 Å². The quantitative estimate of drug-likeness (QED) is 0.793. The van der Waals surface area contributed by atoms with Gasteiger partial charge in [0.1, 0.15) is 0 Å². The van der Waals surface area contributed by atoms with E-state index in [2.05, 4.69) is 5.32 Å². The van der Waals surface area contributed by atoms with E-state index in [1.54, 1.807) is 18.2 Å². The van der Waals surface area contributed by atoms with Crippen molar-refractivity contribution in [3.05, 3.63) is 23.2 Å². The van der Waals surface area contributed by atoms with E-state index in [9.17, 15) is 4.79 Å². The van der Waals surface area contributed by atoms with Crippen LogP contribution in [0.5, 0.6) is 0 Å². The SMILES string of the molecule is Nc1cc(NC(=O)C2CCCCC2)ccc1Cl. The Labute approximate surface area is 106 Å². The summed E-state index contributed by atoms with van der Waals surface area (Å²) in [5.41, 5.74) is 6.91. The summed E-state index contributed by atoms with van der Waals surface area (Å²) in [6.45, 7) is 0. The van der Waals surface area contributed by atoms with Crippen LogP contribution < -0.4 is 11.1 Å². The summed E-state index contributed by atoms with van der Waals surface area (Å²) < 4.78 is 0. The zero-order valence-corrected chi connectivity index (χ0v) is 10.5. The van der Waals surface area contributed by atoms with E-state index in [4.69, 9.17) is 17.3 Å². The van der Waals surface area contributed by atoms with Crippen molar-refractivity contribution < 1.29 is 4.79 Å². The highest BCUT2D eigenvalue weighted by Crippen LogP contribution is 2.26. The second kappa shape index (κ2) is 5.41. The summed E-state index contributed by atoms with van der Waals surface area (Å²) in [6.07, 6.45) is 5.54. The van der Waals surface area contributed by atoms with E-state index in [0.29, 0.717) is 10.7 Å². The fraction of sp³-hybridized carbons (Fsp3) is 0.462. The minimum atomic E-state index is 0.103. The number of nitrogen functional groups attached to an aromatic ring is 1. The molecule has 3 N–H and O–H groups in total. The predicted molar refractivity (Wildman–Crippen MR) is 71.1 cm³/mol. The maximum absolute atomic E-state index is 12.0. The molecule has 0 unspecified atom stereocenters. The van der Waals surface area contributed by atoms with E-state index < -0.39 is 0 Å². The van der Waals surface area contributed by atoms with Gasteiger partial charge >= 0.3 is 0 Å². The van der Waals surface area contributed by atoms with Gasteiger partial charge < -0.3 is 11.1 Å². The molecule has 0 radical (unpaired) electrons. The minimum Gasteiger partial charge on any atom is -0.397 e. The van der Waals surface area contributed by atoms with Crippen LogP contribution in [0.4, 0.5) is 11.4 Å². The van der Waals surface area contributed by atoms with Crippen molar-refractivity contribution in [1.82, 2.24) is 0 Å². The first-order valence-corrected chi connectivity index (χ1v) is 6.40. The molecule has 1 amide bonds. The highest BCUT2D eigenvalue weighted by atomic mass is 35.5. The fourth-order valence-electron chi connectivity index (χ4n) is 2.23. The second-order valence-electron chi connectivity index (χ2n) is 4.56. The smallest absolute Gasteiger partial charge is 0.227 e. The molecule has 2 rings (SSSR count). The van der Waals surface area contributed by atoms with Crippen molar-refractivity contribution in [3.63, 3.8) is 0 Å². The molecule has 1 saturated carbocycles. The first-order valence-electron chi connectivity index (χ1n) is 6.02. The van der Waals surface area contributed by atoms with Crippen LogP contribution in [0, 0.1) is 5.92 Å². The van der Waals surface area contributed by atoms with Gasteiger partial charge in [0.2, 0.25) is 5.91 Å². The van der Waals surface area contributed by atoms with Gasteiger partial charge in [-0.1, -0.05) is 30.9 Å². The molecule has 1 fully saturated rings. The van der Waals surface area contributed by atoms with Gasteiger partial charge in [0.05, 0.1) is 10.7 Å². The van der Waals surface area contributed by atoms with Crippen LogP contribution in [-0.2, 0) is 4.79 Å². The number of halogens is 1. The number of carbonyl (C=O) groups excluding carboxylic acids is 1. The molecule has 0 aromatic heterocycles. The Kier molecular flexibility index (Phi) is 3.89. The van der Waals surface area contributed by atoms with E-state index in [-0.39, 0.29) is 11.8 Å². The molecule has 1 aromatic carbocycles. The highest BCUT2D eigenvalue weighted by molar-refractivity contribution is 6.33. The van der Waals surface area contributed by atoms with Gasteiger partial charge in [0.15, 0.2) is 0 Å². The molecule has 1 aliphatic rings. The Hall–Kier alpha value is -1.22. The average molecular weight is 253 g/mol. The number of carbonyl (C=O) groups is 1. The molecule has 0 spiro atoms. The largest absolute Gasteiger partial charge is 0.397 e. The van der Waals surface area contributed by atoms with Gasteiger partial charge in [-0.3, -0.25) is 4.79 Å². The van der Waals surface area contributed by atoms with E-state index in [1.165, 1.54) is 6.42 Å². The van der Waals surface area contributed by atoms with Crippen molar-refractivity contribution in [3.8, 4) is 0 Å². The van der Waals surface area contributed by atoms with Crippen LogP contribution in [0.3, 0.4) is 0 Å². The number of amides is 1. The third kappa shape index (κ3) is 3.13. The van der Waals surface area contributed by atoms with Gasteiger partial charge in [-0.05, 0) is 31.0 Å². The lowest BCUT2D eigenvalue weighted by molar-refractivity contribution is -0.120. The second-order valence-corrected chi connectivity index (χ2v) is 4.97. The van der Waals surface area contributed by atoms with Gasteiger partial charge in [-0.25, -0.2) is 0 Å². The summed E-state index contributed by atoms with van der Waals surface area (Å²) in [4.78, 5) is 12.0. The molecular formula is C13H17ClN2O. The standard InChI is InChI=1S/C13H17ClN2O/c14-11-7-6-10(8-12(11)15)16-13(17)9-4-2-1-3-5-9/h6-9H,1-5,15H2,(H,16,17). The lowest BCUT2D eigenvalue weighted by Crippen LogP contribution is -2.24. The van der Waals surface area contributed by atoms with Gasteiger partial charge in [-0.2, -0.15) is 0 Å². The van der Waals surface area contributed by atoms with Gasteiger partial charge in [0, 0.05) is 11.6 Å². The summed E-state index contributed by atoms with van der Waals surface area (Å²) in [5.74, 6) is 0.257. The summed E-state index contributed by atoms with van der Waals surface area (Å²) in [6, 6.07) is 5.18. The third-order valence-electron chi connectivity index (χ3n) is 3.24. The molecular weight excluding hydrogens is 236 g/mol. The van der Waals surface area contributed by atoms with Gasteiger partial charge in [0.25, 0.3) is 0 Å². The molecule has 1 aromatic rings.